The zero-order valence-electron chi connectivity index (χ0n) is 10.0. The van der Waals surface area contributed by atoms with Gasteiger partial charge >= 0.3 is 0 Å². The number of aromatic amines is 1. The van der Waals surface area contributed by atoms with Crippen LogP contribution in [0.2, 0.25) is 0 Å². The summed E-state index contributed by atoms with van der Waals surface area (Å²) in [6.45, 7) is 4.11. The van der Waals surface area contributed by atoms with E-state index in [1.54, 1.807) is 6.07 Å². The molecule has 0 saturated heterocycles. The van der Waals surface area contributed by atoms with Crippen LogP contribution in [-0.4, -0.2) is 9.97 Å². The van der Waals surface area contributed by atoms with E-state index in [9.17, 15) is 4.39 Å². The van der Waals surface area contributed by atoms with E-state index in [0.29, 0.717) is 17.1 Å². The van der Waals surface area contributed by atoms with Gasteiger partial charge in [0.2, 0.25) is 0 Å². The molecule has 3 nitrogen and oxygen atoms in total. The number of nitrogens with zero attached hydrogens (tertiary/aromatic N) is 1. The quantitative estimate of drug-likeness (QED) is 0.801. The van der Waals surface area contributed by atoms with Gasteiger partial charge in [0.1, 0.15) is 11.6 Å². The maximum absolute atomic E-state index is 13.2. The molecule has 0 radical (unpaired) electrons. The SMILES string of the molecule is CCc1nc(-c2cc(F)ccc2N)[nH]c1CC. The Balaban J connectivity index is 2.52. The van der Waals surface area contributed by atoms with Crippen LogP contribution >= 0.6 is 0 Å². The summed E-state index contributed by atoms with van der Waals surface area (Å²) in [5, 5.41) is 0. The van der Waals surface area contributed by atoms with Crippen LogP contribution < -0.4 is 5.73 Å². The molecule has 1 heterocycles. The molecule has 90 valence electrons. The van der Waals surface area contributed by atoms with E-state index >= 15 is 0 Å². The molecular weight excluding hydrogens is 217 g/mol. The first-order chi connectivity index (χ1) is 8.15. The van der Waals surface area contributed by atoms with Crippen molar-refractivity contribution < 1.29 is 4.39 Å². The van der Waals surface area contributed by atoms with Crippen molar-refractivity contribution in [3.05, 3.63) is 35.4 Å². The summed E-state index contributed by atoms with van der Waals surface area (Å²) in [7, 11) is 0. The van der Waals surface area contributed by atoms with Crippen LogP contribution in [0.5, 0.6) is 0 Å². The van der Waals surface area contributed by atoms with E-state index in [1.807, 2.05) is 6.92 Å². The number of nitrogen functional groups attached to an aromatic ring is 1. The van der Waals surface area contributed by atoms with Crippen molar-refractivity contribution in [1.82, 2.24) is 9.97 Å². The number of rotatable bonds is 3. The number of benzene rings is 1. The highest BCUT2D eigenvalue weighted by Gasteiger charge is 2.11. The lowest BCUT2D eigenvalue weighted by Crippen LogP contribution is -1.92. The van der Waals surface area contributed by atoms with Crippen LogP contribution in [0.1, 0.15) is 25.2 Å². The van der Waals surface area contributed by atoms with Crippen LogP contribution in [0.15, 0.2) is 18.2 Å². The molecule has 4 heteroatoms. The average Bonchev–Trinajstić information content (AvgIpc) is 2.75. The van der Waals surface area contributed by atoms with Gasteiger partial charge in [0.15, 0.2) is 0 Å². The summed E-state index contributed by atoms with van der Waals surface area (Å²) in [4.78, 5) is 7.68. The summed E-state index contributed by atoms with van der Waals surface area (Å²) >= 11 is 0. The second kappa shape index (κ2) is 4.57. The number of aryl methyl sites for hydroxylation is 2. The Labute approximate surface area is 99.9 Å². The Morgan fingerprint density at radius 1 is 1.29 bits per heavy atom. The van der Waals surface area contributed by atoms with E-state index in [-0.39, 0.29) is 5.82 Å². The molecule has 0 aliphatic heterocycles. The zero-order valence-corrected chi connectivity index (χ0v) is 10.0. The van der Waals surface area contributed by atoms with Gasteiger partial charge in [-0.25, -0.2) is 9.37 Å². The molecule has 0 spiro atoms. The van der Waals surface area contributed by atoms with E-state index in [4.69, 9.17) is 5.73 Å². The van der Waals surface area contributed by atoms with Crippen molar-refractivity contribution in [2.75, 3.05) is 5.73 Å². The second-order valence-corrected chi connectivity index (χ2v) is 3.95. The van der Waals surface area contributed by atoms with Crippen LogP contribution in [0, 0.1) is 5.82 Å². The standard InChI is InChI=1S/C13H16FN3/c1-3-11-12(4-2)17-13(16-11)9-7-8(14)5-6-10(9)15/h5-7H,3-4,15H2,1-2H3,(H,16,17). The molecule has 0 saturated carbocycles. The number of hydrogen-bond acceptors (Lipinski definition) is 2. The molecule has 2 rings (SSSR count). The van der Waals surface area contributed by atoms with Gasteiger partial charge in [0, 0.05) is 16.9 Å². The number of halogens is 1. The summed E-state index contributed by atoms with van der Waals surface area (Å²) < 4.78 is 13.2. The van der Waals surface area contributed by atoms with Crippen LogP contribution in [0.25, 0.3) is 11.4 Å². The van der Waals surface area contributed by atoms with Gasteiger partial charge in [-0.05, 0) is 31.0 Å². The zero-order chi connectivity index (χ0) is 12.4. The molecule has 0 bridgehead atoms. The summed E-state index contributed by atoms with van der Waals surface area (Å²) in [6, 6.07) is 4.32. The highest BCUT2D eigenvalue weighted by atomic mass is 19.1. The van der Waals surface area contributed by atoms with Crippen molar-refractivity contribution in [3.63, 3.8) is 0 Å². The van der Waals surface area contributed by atoms with Crippen molar-refractivity contribution >= 4 is 5.69 Å². The summed E-state index contributed by atoms with van der Waals surface area (Å²) in [6.07, 6.45) is 1.74. The molecule has 2 aromatic rings. The number of imidazole rings is 1. The lowest BCUT2D eigenvalue weighted by Gasteiger charge is -2.01. The van der Waals surface area contributed by atoms with Gasteiger partial charge in [0.25, 0.3) is 0 Å². The van der Waals surface area contributed by atoms with E-state index in [1.165, 1.54) is 12.1 Å². The van der Waals surface area contributed by atoms with Gasteiger partial charge in [0.05, 0.1) is 5.69 Å². The number of hydrogen-bond donors (Lipinski definition) is 2. The minimum absolute atomic E-state index is 0.304. The maximum Gasteiger partial charge on any atom is 0.140 e. The van der Waals surface area contributed by atoms with Gasteiger partial charge in [-0.3, -0.25) is 0 Å². The Kier molecular flexibility index (Phi) is 3.13. The van der Waals surface area contributed by atoms with Gasteiger partial charge in [-0.2, -0.15) is 0 Å². The van der Waals surface area contributed by atoms with E-state index in [0.717, 1.165) is 24.2 Å². The van der Waals surface area contributed by atoms with Crippen LogP contribution in [0.3, 0.4) is 0 Å². The van der Waals surface area contributed by atoms with Crippen molar-refractivity contribution in [2.24, 2.45) is 0 Å². The first-order valence-electron chi connectivity index (χ1n) is 5.78. The lowest BCUT2D eigenvalue weighted by atomic mass is 10.1. The highest BCUT2D eigenvalue weighted by Crippen LogP contribution is 2.25. The van der Waals surface area contributed by atoms with Gasteiger partial charge < -0.3 is 10.7 Å². The maximum atomic E-state index is 13.2. The number of nitrogens with one attached hydrogen (secondary N) is 1. The molecule has 0 amide bonds. The molecule has 0 aliphatic carbocycles. The van der Waals surface area contributed by atoms with E-state index in [2.05, 4.69) is 16.9 Å². The first-order valence-corrected chi connectivity index (χ1v) is 5.78. The predicted molar refractivity (Wildman–Crippen MR) is 67.2 cm³/mol. The summed E-state index contributed by atoms with van der Waals surface area (Å²) in [5.41, 5.74) is 9.10. The molecule has 17 heavy (non-hydrogen) atoms. The molecule has 3 N–H and O–H groups in total. The molecule has 0 unspecified atom stereocenters. The predicted octanol–water partition coefficient (Wildman–Crippen LogP) is 2.92. The first kappa shape index (κ1) is 11.6. The second-order valence-electron chi connectivity index (χ2n) is 3.95. The largest absolute Gasteiger partial charge is 0.398 e. The molecular formula is C13H16FN3. The van der Waals surface area contributed by atoms with E-state index < -0.39 is 0 Å². The van der Waals surface area contributed by atoms with Crippen LogP contribution in [0.4, 0.5) is 10.1 Å². The lowest BCUT2D eigenvalue weighted by molar-refractivity contribution is 0.628. The number of H-pyrrole nitrogens is 1. The molecule has 1 aromatic carbocycles. The topological polar surface area (TPSA) is 54.7 Å². The number of nitrogens with two attached hydrogens (primary N) is 1. The number of anilines is 1. The minimum atomic E-state index is -0.304. The molecule has 1 aromatic heterocycles. The average molecular weight is 233 g/mol. The fourth-order valence-corrected chi connectivity index (χ4v) is 1.89. The Bertz CT molecular complexity index is 510. The third kappa shape index (κ3) is 2.16. The van der Waals surface area contributed by atoms with Crippen molar-refractivity contribution in [1.29, 1.82) is 0 Å². The Hall–Kier alpha value is -1.84. The third-order valence-corrected chi connectivity index (χ3v) is 2.82. The van der Waals surface area contributed by atoms with Gasteiger partial charge in [-0.1, -0.05) is 13.8 Å². The van der Waals surface area contributed by atoms with Gasteiger partial charge in [-0.15, -0.1) is 0 Å². The molecule has 0 atom stereocenters. The van der Waals surface area contributed by atoms with Crippen LogP contribution in [-0.2, 0) is 12.8 Å². The fourth-order valence-electron chi connectivity index (χ4n) is 1.89. The monoisotopic (exact) mass is 233 g/mol. The fraction of sp³-hybridized carbons (Fsp3) is 0.308. The van der Waals surface area contributed by atoms with Crippen molar-refractivity contribution in [3.8, 4) is 11.4 Å². The molecule has 0 fully saturated rings. The van der Waals surface area contributed by atoms with Crippen molar-refractivity contribution in [2.45, 2.75) is 26.7 Å². The third-order valence-electron chi connectivity index (χ3n) is 2.82. The Morgan fingerprint density at radius 2 is 2.06 bits per heavy atom. The Morgan fingerprint density at radius 3 is 2.65 bits per heavy atom. The smallest absolute Gasteiger partial charge is 0.140 e. The number of aromatic nitrogens is 2. The molecule has 0 aliphatic rings. The minimum Gasteiger partial charge on any atom is -0.398 e. The normalized spacial score (nSPS) is 10.8. The highest BCUT2D eigenvalue weighted by molar-refractivity contribution is 5.71. The summed E-state index contributed by atoms with van der Waals surface area (Å²) in [5.74, 6) is 0.345.